The van der Waals surface area contributed by atoms with Crippen LogP contribution in [0.1, 0.15) is 24.8 Å². The number of methoxy groups -OCH3 is 1. The molecular formula is C22H25N3O4. The number of hydrogen-bond acceptors (Lipinski definition) is 6. The van der Waals surface area contributed by atoms with Gasteiger partial charge >= 0.3 is 0 Å². The van der Waals surface area contributed by atoms with E-state index in [9.17, 15) is 4.79 Å². The Bertz CT molecular complexity index is 970. The number of carbonyl (C=O) groups is 1. The van der Waals surface area contributed by atoms with Crippen LogP contribution in [0, 0.1) is 6.92 Å². The summed E-state index contributed by atoms with van der Waals surface area (Å²) in [5, 5.41) is 4.01. The van der Waals surface area contributed by atoms with Crippen LogP contribution in [-0.2, 0) is 11.3 Å². The lowest BCUT2D eigenvalue weighted by atomic mass is 10.2. The van der Waals surface area contributed by atoms with Gasteiger partial charge in [0.05, 0.1) is 13.7 Å². The van der Waals surface area contributed by atoms with Crippen LogP contribution in [0.2, 0.25) is 0 Å². The molecule has 0 aliphatic heterocycles. The second kappa shape index (κ2) is 9.23. The number of aromatic nitrogens is 2. The van der Waals surface area contributed by atoms with E-state index >= 15 is 0 Å². The zero-order valence-corrected chi connectivity index (χ0v) is 17.1. The molecule has 0 saturated carbocycles. The summed E-state index contributed by atoms with van der Waals surface area (Å²) < 4.78 is 16.5. The van der Waals surface area contributed by atoms with E-state index in [1.165, 1.54) is 4.90 Å². The molecule has 3 rings (SSSR count). The lowest BCUT2D eigenvalue weighted by Crippen LogP contribution is -2.39. The summed E-state index contributed by atoms with van der Waals surface area (Å²) in [6, 6.07) is 15.0. The van der Waals surface area contributed by atoms with E-state index in [1.807, 2.05) is 62.4 Å². The lowest BCUT2D eigenvalue weighted by Gasteiger charge is -2.23. The van der Waals surface area contributed by atoms with Gasteiger partial charge in [-0.05, 0) is 37.1 Å². The van der Waals surface area contributed by atoms with Crippen LogP contribution in [0.4, 0.5) is 0 Å². The maximum atomic E-state index is 12.8. The van der Waals surface area contributed by atoms with Crippen molar-refractivity contribution in [3.63, 3.8) is 0 Å². The molecule has 2 aromatic carbocycles. The van der Waals surface area contributed by atoms with Crippen molar-refractivity contribution >= 4 is 5.91 Å². The fraction of sp³-hybridized carbons (Fsp3) is 0.318. The largest absolute Gasteiger partial charge is 0.497 e. The molecule has 0 N–H and O–H groups in total. The number of para-hydroxylation sites is 1. The molecule has 29 heavy (non-hydrogen) atoms. The van der Waals surface area contributed by atoms with Gasteiger partial charge in [-0.15, -0.1) is 0 Å². The van der Waals surface area contributed by atoms with E-state index in [4.69, 9.17) is 14.0 Å². The average molecular weight is 395 g/mol. The second-order valence-electron chi connectivity index (χ2n) is 6.72. The fourth-order valence-electron chi connectivity index (χ4n) is 2.88. The predicted octanol–water partition coefficient (Wildman–Crippen LogP) is 3.87. The molecule has 7 heteroatoms. The monoisotopic (exact) mass is 395 g/mol. The molecule has 0 fully saturated rings. The third-order valence-corrected chi connectivity index (χ3v) is 4.55. The molecule has 0 aliphatic carbocycles. The highest BCUT2D eigenvalue weighted by Crippen LogP contribution is 2.22. The molecule has 3 aromatic rings. The van der Waals surface area contributed by atoms with Gasteiger partial charge in [-0.1, -0.05) is 42.4 Å². The minimum atomic E-state index is -0.582. The highest BCUT2D eigenvalue weighted by Gasteiger charge is 2.24. The van der Waals surface area contributed by atoms with Gasteiger partial charge in [-0.25, -0.2) is 0 Å². The van der Waals surface area contributed by atoms with Crippen LogP contribution < -0.4 is 9.47 Å². The Hall–Kier alpha value is -3.35. The van der Waals surface area contributed by atoms with Crippen molar-refractivity contribution in [2.45, 2.75) is 32.9 Å². The van der Waals surface area contributed by atoms with Gasteiger partial charge in [-0.3, -0.25) is 4.79 Å². The number of nitrogens with zero attached hydrogens (tertiary/aromatic N) is 3. The zero-order chi connectivity index (χ0) is 20.8. The van der Waals surface area contributed by atoms with E-state index in [-0.39, 0.29) is 12.5 Å². The van der Waals surface area contributed by atoms with E-state index in [0.717, 1.165) is 11.1 Å². The van der Waals surface area contributed by atoms with Crippen molar-refractivity contribution < 1.29 is 18.8 Å². The first-order valence-corrected chi connectivity index (χ1v) is 9.46. The van der Waals surface area contributed by atoms with Crippen molar-refractivity contribution in [2.75, 3.05) is 14.2 Å². The van der Waals surface area contributed by atoms with Crippen LogP contribution in [0.15, 0.2) is 53.1 Å². The summed E-state index contributed by atoms with van der Waals surface area (Å²) in [7, 11) is 3.30. The van der Waals surface area contributed by atoms with Crippen LogP contribution in [0.25, 0.3) is 11.4 Å². The van der Waals surface area contributed by atoms with Crippen molar-refractivity contribution in [2.24, 2.45) is 0 Å². The summed E-state index contributed by atoms with van der Waals surface area (Å²) in [6.45, 7) is 4.07. The highest BCUT2D eigenvalue weighted by molar-refractivity contribution is 5.81. The Morgan fingerprint density at radius 2 is 2.00 bits per heavy atom. The second-order valence-corrected chi connectivity index (χ2v) is 6.72. The molecule has 1 aromatic heterocycles. The predicted molar refractivity (Wildman–Crippen MR) is 109 cm³/mol. The first-order valence-electron chi connectivity index (χ1n) is 9.46. The number of hydrogen-bond donors (Lipinski definition) is 0. The van der Waals surface area contributed by atoms with Crippen molar-refractivity contribution in [3.8, 4) is 22.9 Å². The number of benzene rings is 2. The summed E-state index contributed by atoms with van der Waals surface area (Å²) in [5.41, 5.74) is 1.77. The minimum absolute atomic E-state index is 0.142. The first-order chi connectivity index (χ1) is 14.0. The third kappa shape index (κ3) is 4.93. The maximum Gasteiger partial charge on any atom is 0.263 e. The number of rotatable bonds is 8. The average Bonchev–Trinajstić information content (AvgIpc) is 3.21. The van der Waals surface area contributed by atoms with E-state index in [1.54, 1.807) is 14.2 Å². The van der Waals surface area contributed by atoms with Crippen LogP contribution >= 0.6 is 0 Å². The molecule has 0 unspecified atom stereocenters. The van der Waals surface area contributed by atoms with Gasteiger partial charge in [0.1, 0.15) is 11.5 Å². The summed E-state index contributed by atoms with van der Waals surface area (Å²) >= 11 is 0. The molecule has 7 nitrogen and oxygen atoms in total. The van der Waals surface area contributed by atoms with Crippen molar-refractivity contribution in [3.05, 3.63) is 60.0 Å². The number of likely N-dealkylation sites (N-methyl/N-ethyl adjacent to an activating group) is 1. The molecule has 152 valence electrons. The topological polar surface area (TPSA) is 77.7 Å². The van der Waals surface area contributed by atoms with Gasteiger partial charge < -0.3 is 18.9 Å². The highest BCUT2D eigenvalue weighted by atomic mass is 16.5. The lowest BCUT2D eigenvalue weighted by molar-refractivity contribution is -0.138. The number of aryl methyl sites for hydroxylation is 1. The molecule has 0 bridgehead atoms. The molecule has 0 spiro atoms. The zero-order valence-electron chi connectivity index (χ0n) is 17.1. The fourth-order valence-corrected chi connectivity index (χ4v) is 2.88. The third-order valence-electron chi connectivity index (χ3n) is 4.55. The van der Waals surface area contributed by atoms with Crippen LogP contribution in [0.3, 0.4) is 0 Å². The van der Waals surface area contributed by atoms with E-state index < -0.39 is 6.10 Å². The van der Waals surface area contributed by atoms with Gasteiger partial charge in [0.2, 0.25) is 11.7 Å². The Morgan fingerprint density at radius 3 is 2.72 bits per heavy atom. The smallest absolute Gasteiger partial charge is 0.263 e. The Morgan fingerprint density at radius 1 is 1.21 bits per heavy atom. The Balaban J connectivity index is 1.67. The van der Waals surface area contributed by atoms with Crippen molar-refractivity contribution in [1.29, 1.82) is 0 Å². The van der Waals surface area contributed by atoms with Gasteiger partial charge in [0.15, 0.2) is 6.10 Å². The quantitative estimate of drug-likeness (QED) is 0.576. The SMILES string of the molecule is CC[C@H](Oc1ccccc1C)C(=O)N(C)Cc1nc(-c2cccc(OC)c2)no1. The Kier molecular flexibility index (Phi) is 6.49. The molecular weight excluding hydrogens is 370 g/mol. The Labute approximate surface area is 170 Å². The van der Waals surface area contributed by atoms with Gasteiger partial charge in [0.25, 0.3) is 5.91 Å². The summed E-state index contributed by atoms with van der Waals surface area (Å²) in [6.07, 6.45) is -0.0296. The van der Waals surface area contributed by atoms with E-state index in [2.05, 4.69) is 10.1 Å². The molecule has 1 atom stereocenters. The number of ether oxygens (including phenoxy) is 2. The normalized spacial score (nSPS) is 11.7. The molecule has 0 aliphatic rings. The number of carbonyl (C=O) groups excluding carboxylic acids is 1. The summed E-state index contributed by atoms with van der Waals surface area (Å²) in [5.74, 6) is 2.07. The molecule has 0 saturated heterocycles. The standard InChI is InChI=1S/C22H25N3O4/c1-5-18(28-19-12-7-6-9-15(19)2)22(26)25(3)14-20-23-21(24-29-20)16-10-8-11-17(13-16)27-4/h6-13,18H,5,14H2,1-4H3/t18-/m0/s1. The van der Waals surface area contributed by atoms with Gasteiger partial charge in [0, 0.05) is 12.6 Å². The van der Waals surface area contributed by atoms with Crippen molar-refractivity contribution in [1.82, 2.24) is 15.0 Å². The van der Waals surface area contributed by atoms with E-state index in [0.29, 0.717) is 29.6 Å². The van der Waals surface area contributed by atoms with Crippen LogP contribution in [-0.4, -0.2) is 41.2 Å². The summed E-state index contributed by atoms with van der Waals surface area (Å²) in [4.78, 5) is 18.8. The van der Waals surface area contributed by atoms with Gasteiger partial charge in [-0.2, -0.15) is 4.98 Å². The maximum absolute atomic E-state index is 12.8. The molecule has 1 amide bonds. The molecule has 1 heterocycles. The van der Waals surface area contributed by atoms with Crippen LogP contribution in [0.5, 0.6) is 11.5 Å². The molecule has 0 radical (unpaired) electrons. The number of amides is 1. The minimum Gasteiger partial charge on any atom is -0.497 e. The first kappa shape index (κ1) is 20.4.